The monoisotopic (exact) mass is 306 g/mol. The predicted molar refractivity (Wildman–Crippen MR) is 93.0 cm³/mol. The van der Waals surface area contributed by atoms with Crippen molar-refractivity contribution in [3.63, 3.8) is 0 Å². The minimum atomic E-state index is -0.210. The number of nitrogens with zero attached hydrogens (tertiary/aromatic N) is 3. The quantitative estimate of drug-likeness (QED) is 0.887. The summed E-state index contributed by atoms with van der Waals surface area (Å²) in [5.41, 5.74) is 4.54. The molecule has 1 N–H and O–H groups in total. The average Bonchev–Trinajstić information content (AvgIpc) is 2.59. The fraction of sp³-hybridized carbons (Fsp3) is 0.368. The number of aryl methyl sites for hydroxylation is 1. The summed E-state index contributed by atoms with van der Waals surface area (Å²) < 4.78 is 0. The van der Waals surface area contributed by atoms with E-state index < -0.39 is 0 Å². The van der Waals surface area contributed by atoms with Gasteiger partial charge in [-0.25, -0.2) is 0 Å². The molecule has 23 heavy (non-hydrogen) atoms. The molecule has 1 fully saturated rings. The molecule has 0 unspecified atom stereocenters. The lowest BCUT2D eigenvalue weighted by Gasteiger charge is -2.41. The van der Waals surface area contributed by atoms with Crippen LogP contribution in [0.25, 0.3) is 0 Å². The summed E-state index contributed by atoms with van der Waals surface area (Å²) in [6.07, 6.45) is 1.99. The van der Waals surface area contributed by atoms with Crippen LogP contribution >= 0.6 is 0 Å². The van der Waals surface area contributed by atoms with Crippen molar-refractivity contribution in [1.29, 1.82) is 0 Å². The number of hydrogen-bond donors (Lipinski definition) is 1. The van der Waals surface area contributed by atoms with Crippen LogP contribution in [0.1, 0.15) is 24.0 Å². The van der Waals surface area contributed by atoms with Gasteiger partial charge in [0.05, 0.1) is 5.69 Å². The van der Waals surface area contributed by atoms with E-state index in [0.29, 0.717) is 0 Å². The van der Waals surface area contributed by atoms with Gasteiger partial charge in [-0.05, 0) is 24.6 Å². The van der Waals surface area contributed by atoms with Crippen LogP contribution in [-0.4, -0.2) is 23.7 Å². The summed E-state index contributed by atoms with van der Waals surface area (Å²) in [5.74, 6) is 0. The van der Waals surface area contributed by atoms with E-state index in [1.54, 1.807) is 0 Å². The first-order valence-corrected chi connectivity index (χ1v) is 8.31. The third kappa shape index (κ3) is 2.99. The van der Waals surface area contributed by atoms with Crippen molar-refractivity contribution in [1.82, 2.24) is 4.90 Å². The van der Waals surface area contributed by atoms with Gasteiger partial charge in [0.15, 0.2) is 5.66 Å². The normalized spacial score (nSPS) is 19.3. The lowest BCUT2D eigenvalue weighted by atomic mass is 9.96. The Balaban J connectivity index is 1.41. The predicted octanol–water partition coefficient (Wildman–Crippen LogP) is 4.50. The molecule has 4 heteroatoms. The molecule has 1 spiro atoms. The minimum Gasteiger partial charge on any atom is -0.358 e. The Bertz CT molecular complexity index is 712. The zero-order valence-electron chi connectivity index (χ0n) is 13.5. The molecular formula is C19H22N4. The van der Waals surface area contributed by atoms with Gasteiger partial charge < -0.3 is 5.32 Å². The van der Waals surface area contributed by atoms with Crippen molar-refractivity contribution >= 4 is 11.4 Å². The average molecular weight is 306 g/mol. The fourth-order valence-corrected chi connectivity index (χ4v) is 3.35. The van der Waals surface area contributed by atoms with Gasteiger partial charge in [-0.2, -0.15) is 10.2 Å². The number of piperidine rings is 1. The van der Waals surface area contributed by atoms with Crippen LogP contribution in [0, 0.1) is 6.92 Å². The Kier molecular flexibility index (Phi) is 3.62. The molecule has 2 aliphatic rings. The van der Waals surface area contributed by atoms with E-state index in [4.69, 9.17) is 0 Å². The first kappa shape index (κ1) is 14.4. The van der Waals surface area contributed by atoms with Crippen LogP contribution < -0.4 is 5.32 Å². The van der Waals surface area contributed by atoms with Crippen molar-refractivity contribution in [3.05, 3.63) is 59.7 Å². The van der Waals surface area contributed by atoms with Gasteiger partial charge in [-0.15, -0.1) is 0 Å². The van der Waals surface area contributed by atoms with E-state index in [-0.39, 0.29) is 5.66 Å². The Morgan fingerprint density at radius 2 is 1.78 bits per heavy atom. The molecule has 0 bridgehead atoms. The molecule has 0 saturated carbocycles. The Labute approximate surface area is 137 Å². The van der Waals surface area contributed by atoms with Gasteiger partial charge in [0.2, 0.25) is 0 Å². The molecule has 4 nitrogen and oxygen atoms in total. The van der Waals surface area contributed by atoms with Crippen molar-refractivity contribution in [3.8, 4) is 0 Å². The van der Waals surface area contributed by atoms with Gasteiger partial charge in [0.1, 0.15) is 5.69 Å². The highest BCUT2D eigenvalue weighted by Crippen LogP contribution is 2.38. The van der Waals surface area contributed by atoms with Gasteiger partial charge in [0.25, 0.3) is 0 Å². The number of para-hydroxylation sites is 1. The number of anilines is 1. The Morgan fingerprint density at radius 3 is 2.57 bits per heavy atom. The molecular weight excluding hydrogens is 284 g/mol. The molecule has 2 aromatic carbocycles. The van der Waals surface area contributed by atoms with Crippen LogP contribution in [0.5, 0.6) is 0 Å². The van der Waals surface area contributed by atoms with E-state index in [0.717, 1.165) is 43.9 Å². The highest BCUT2D eigenvalue weighted by Gasteiger charge is 2.37. The van der Waals surface area contributed by atoms with Crippen LogP contribution in [0.4, 0.5) is 11.4 Å². The van der Waals surface area contributed by atoms with E-state index in [1.807, 2.05) is 18.2 Å². The third-order valence-electron chi connectivity index (χ3n) is 4.83. The number of likely N-dealkylation sites (tertiary alicyclic amines) is 1. The fourth-order valence-electron chi connectivity index (χ4n) is 3.35. The molecule has 2 heterocycles. The first-order valence-electron chi connectivity index (χ1n) is 8.31. The summed E-state index contributed by atoms with van der Waals surface area (Å²) in [6.45, 7) is 5.24. The molecule has 0 amide bonds. The van der Waals surface area contributed by atoms with Gasteiger partial charge >= 0.3 is 0 Å². The zero-order valence-corrected chi connectivity index (χ0v) is 13.5. The summed E-state index contributed by atoms with van der Waals surface area (Å²) in [5, 5.41) is 12.7. The number of hydrogen-bond acceptors (Lipinski definition) is 4. The number of nitrogens with one attached hydrogen (secondary N) is 1. The zero-order chi connectivity index (χ0) is 15.7. The second-order valence-corrected chi connectivity index (χ2v) is 6.64. The highest BCUT2D eigenvalue weighted by atomic mass is 15.3. The van der Waals surface area contributed by atoms with Gasteiger partial charge in [-0.3, -0.25) is 4.90 Å². The number of azo groups is 1. The lowest BCUT2D eigenvalue weighted by molar-refractivity contribution is 0.166. The minimum absolute atomic E-state index is 0.210. The molecule has 118 valence electrons. The van der Waals surface area contributed by atoms with Gasteiger partial charge in [0, 0.05) is 32.5 Å². The van der Waals surface area contributed by atoms with Crippen LogP contribution in [-0.2, 0) is 6.54 Å². The summed E-state index contributed by atoms with van der Waals surface area (Å²) in [4.78, 5) is 2.51. The number of rotatable bonds is 2. The van der Waals surface area contributed by atoms with Crippen molar-refractivity contribution in [2.24, 2.45) is 10.2 Å². The molecule has 1 saturated heterocycles. The first-order chi connectivity index (χ1) is 11.2. The Hall–Kier alpha value is -2.20. The van der Waals surface area contributed by atoms with E-state index in [2.05, 4.69) is 57.7 Å². The maximum Gasteiger partial charge on any atom is 0.153 e. The molecule has 4 rings (SSSR count). The molecule has 2 aromatic rings. The Morgan fingerprint density at radius 1 is 1.04 bits per heavy atom. The van der Waals surface area contributed by atoms with E-state index in [1.165, 1.54) is 11.1 Å². The van der Waals surface area contributed by atoms with E-state index in [9.17, 15) is 0 Å². The van der Waals surface area contributed by atoms with Crippen molar-refractivity contribution < 1.29 is 0 Å². The molecule has 0 atom stereocenters. The van der Waals surface area contributed by atoms with Gasteiger partial charge in [-0.1, -0.05) is 42.0 Å². The highest BCUT2D eigenvalue weighted by molar-refractivity contribution is 5.67. The topological polar surface area (TPSA) is 40.0 Å². The maximum atomic E-state index is 4.60. The van der Waals surface area contributed by atoms with Crippen molar-refractivity contribution in [2.45, 2.75) is 32.0 Å². The molecule has 2 aliphatic heterocycles. The summed E-state index contributed by atoms with van der Waals surface area (Å²) >= 11 is 0. The SMILES string of the molecule is Cc1ccc(CN2CCC3(CC2)N=Nc2ccccc2N3)cc1. The molecule has 0 aromatic heterocycles. The number of benzene rings is 2. The van der Waals surface area contributed by atoms with Crippen LogP contribution in [0.3, 0.4) is 0 Å². The maximum absolute atomic E-state index is 4.60. The summed E-state index contributed by atoms with van der Waals surface area (Å²) in [7, 11) is 0. The third-order valence-corrected chi connectivity index (χ3v) is 4.83. The second-order valence-electron chi connectivity index (χ2n) is 6.64. The summed E-state index contributed by atoms with van der Waals surface area (Å²) in [6, 6.07) is 17.0. The van der Waals surface area contributed by atoms with Crippen LogP contribution in [0.2, 0.25) is 0 Å². The second kappa shape index (κ2) is 5.78. The molecule has 0 radical (unpaired) electrons. The largest absolute Gasteiger partial charge is 0.358 e. The van der Waals surface area contributed by atoms with E-state index >= 15 is 0 Å². The van der Waals surface area contributed by atoms with Crippen molar-refractivity contribution in [2.75, 3.05) is 18.4 Å². The standard InChI is InChI=1S/C19H22N4/c1-15-6-8-16(9-7-15)14-23-12-10-19(11-13-23)20-17-4-2-3-5-18(17)21-22-19/h2-9,20H,10-14H2,1H3. The lowest BCUT2D eigenvalue weighted by Crippen LogP contribution is -2.48. The van der Waals surface area contributed by atoms with Crippen LogP contribution in [0.15, 0.2) is 58.8 Å². The molecule has 0 aliphatic carbocycles. The number of fused-ring (bicyclic) bond motifs is 1. The smallest absolute Gasteiger partial charge is 0.153 e.